The maximum Gasteiger partial charge on any atom is 0.270 e. The number of halogens is 2. The van der Waals surface area contributed by atoms with Gasteiger partial charge >= 0.3 is 0 Å². The Morgan fingerprint density at radius 2 is 1.80 bits per heavy atom. The van der Waals surface area contributed by atoms with Crippen molar-refractivity contribution in [2.45, 2.75) is 12.0 Å². The lowest BCUT2D eigenvalue weighted by atomic mass is 10.0. The summed E-state index contributed by atoms with van der Waals surface area (Å²) in [5.74, 6) is 0. The van der Waals surface area contributed by atoms with Crippen molar-refractivity contribution in [1.82, 2.24) is 0 Å². The van der Waals surface area contributed by atoms with Gasteiger partial charge in [0, 0.05) is 23.4 Å². The molecule has 1 aromatic rings. The maximum absolute atomic E-state index is 12.9. The number of alkyl halides is 2. The van der Waals surface area contributed by atoms with Crippen LogP contribution in [0.4, 0.5) is 20.2 Å². The summed E-state index contributed by atoms with van der Waals surface area (Å²) in [5, 5.41) is 40.4. The third kappa shape index (κ3) is 3.38. The summed E-state index contributed by atoms with van der Waals surface area (Å²) >= 11 is 0. The molecule has 0 aliphatic heterocycles. The number of aliphatic hydroxyl groups is 3. The highest BCUT2D eigenvalue weighted by Gasteiger charge is 2.30. The van der Waals surface area contributed by atoms with Gasteiger partial charge in [0.25, 0.3) is 12.1 Å². The summed E-state index contributed by atoms with van der Waals surface area (Å²) in [6.07, 6.45) is -2.99. The number of nitro benzene ring substituents is 1. The summed E-state index contributed by atoms with van der Waals surface area (Å²) in [4.78, 5) is 9.75. The molecular weight excluding hydrogens is 278 g/mol. The van der Waals surface area contributed by atoms with Gasteiger partial charge in [0.1, 0.15) is 5.54 Å². The third-order valence-electron chi connectivity index (χ3n) is 2.79. The Kier molecular flexibility index (Phi) is 5.31. The van der Waals surface area contributed by atoms with Crippen molar-refractivity contribution in [2.24, 2.45) is 0 Å². The lowest BCUT2D eigenvalue weighted by Gasteiger charge is -2.30. The average Bonchev–Trinajstić information content (AvgIpc) is 2.44. The SMILES string of the molecule is O=[N+]([O-])c1ccc(NC(CO)(CO)CO)c(C(F)F)c1. The van der Waals surface area contributed by atoms with Crippen LogP contribution in [0.5, 0.6) is 0 Å². The second-order valence-corrected chi connectivity index (χ2v) is 4.21. The number of nitrogens with one attached hydrogen (secondary N) is 1. The van der Waals surface area contributed by atoms with Gasteiger partial charge in [-0.25, -0.2) is 8.78 Å². The molecule has 0 saturated heterocycles. The van der Waals surface area contributed by atoms with E-state index < -0.39 is 48.0 Å². The van der Waals surface area contributed by atoms with E-state index in [4.69, 9.17) is 15.3 Å². The maximum atomic E-state index is 12.9. The number of hydrogen-bond donors (Lipinski definition) is 4. The van der Waals surface area contributed by atoms with E-state index in [0.717, 1.165) is 12.1 Å². The van der Waals surface area contributed by atoms with E-state index in [2.05, 4.69) is 5.32 Å². The highest BCUT2D eigenvalue weighted by Crippen LogP contribution is 2.32. The minimum Gasteiger partial charge on any atom is -0.394 e. The Morgan fingerprint density at radius 3 is 2.20 bits per heavy atom. The van der Waals surface area contributed by atoms with E-state index in [0.29, 0.717) is 6.07 Å². The number of aliphatic hydroxyl groups excluding tert-OH is 3. The Bertz CT molecular complexity index is 472. The van der Waals surface area contributed by atoms with Crippen LogP contribution in [0.25, 0.3) is 0 Å². The number of non-ortho nitro benzene ring substituents is 1. The summed E-state index contributed by atoms with van der Waals surface area (Å²) < 4.78 is 25.8. The summed E-state index contributed by atoms with van der Waals surface area (Å²) in [6, 6.07) is 2.74. The molecule has 0 aliphatic carbocycles. The number of nitrogens with zero attached hydrogens (tertiary/aromatic N) is 1. The molecule has 0 fully saturated rings. The van der Waals surface area contributed by atoms with Gasteiger partial charge in [0.2, 0.25) is 0 Å². The molecule has 0 saturated carbocycles. The van der Waals surface area contributed by atoms with Gasteiger partial charge in [-0.05, 0) is 6.07 Å². The fourth-order valence-electron chi connectivity index (χ4n) is 1.51. The molecule has 1 aromatic carbocycles. The van der Waals surface area contributed by atoms with E-state index in [-0.39, 0.29) is 5.69 Å². The fourth-order valence-corrected chi connectivity index (χ4v) is 1.51. The van der Waals surface area contributed by atoms with Gasteiger partial charge < -0.3 is 20.6 Å². The van der Waals surface area contributed by atoms with Crippen LogP contribution >= 0.6 is 0 Å². The molecule has 0 heterocycles. The van der Waals surface area contributed by atoms with Crippen LogP contribution < -0.4 is 5.32 Å². The summed E-state index contributed by atoms with van der Waals surface area (Å²) in [6.45, 7) is -2.13. The fraction of sp³-hybridized carbons (Fsp3) is 0.455. The molecule has 0 atom stereocenters. The van der Waals surface area contributed by atoms with Crippen LogP contribution in [0.2, 0.25) is 0 Å². The molecule has 0 unspecified atom stereocenters. The normalized spacial score (nSPS) is 11.7. The lowest BCUT2D eigenvalue weighted by Crippen LogP contribution is -2.49. The molecule has 0 aromatic heterocycles. The molecular formula is C11H14F2N2O5. The monoisotopic (exact) mass is 292 g/mol. The molecule has 0 spiro atoms. The zero-order valence-corrected chi connectivity index (χ0v) is 10.3. The average molecular weight is 292 g/mol. The molecule has 0 radical (unpaired) electrons. The molecule has 0 aliphatic rings. The van der Waals surface area contributed by atoms with Gasteiger partial charge in [0.15, 0.2) is 0 Å². The smallest absolute Gasteiger partial charge is 0.270 e. The van der Waals surface area contributed by atoms with Crippen LogP contribution in [-0.2, 0) is 0 Å². The van der Waals surface area contributed by atoms with Gasteiger partial charge in [-0.2, -0.15) is 0 Å². The van der Waals surface area contributed by atoms with Crippen LogP contribution in [0.1, 0.15) is 12.0 Å². The van der Waals surface area contributed by atoms with Crippen molar-refractivity contribution in [1.29, 1.82) is 0 Å². The first-order valence-electron chi connectivity index (χ1n) is 5.56. The molecule has 0 bridgehead atoms. The third-order valence-corrected chi connectivity index (χ3v) is 2.79. The predicted octanol–water partition coefficient (Wildman–Crippen LogP) is 0.660. The number of anilines is 1. The highest BCUT2D eigenvalue weighted by atomic mass is 19.3. The van der Waals surface area contributed by atoms with E-state index in [1.165, 1.54) is 0 Å². The Labute approximate surface area is 112 Å². The number of rotatable bonds is 7. The van der Waals surface area contributed by atoms with Crippen molar-refractivity contribution in [3.8, 4) is 0 Å². The number of hydrogen-bond acceptors (Lipinski definition) is 6. The van der Waals surface area contributed by atoms with Gasteiger partial charge in [-0.1, -0.05) is 0 Å². The topological polar surface area (TPSA) is 116 Å². The van der Waals surface area contributed by atoms with Crippen molar-refractivity contribution in [2.75, 3.05) is 25.1 Å². The van der Waals surface area contributed by atoms with E-state index in [1.807, 2.05) is 0 Å². The Hall–Kier alpha value is -1.84. The zero-order chi connectivity index (χ0) is 15.3. The Morgan fingerprint density at radius 1 is 1.25 bits per heavy atom. The first-order chi connectivity index (χ1) is 9.39. The van der Waals surface area contributed by atoms with E-state index in [1.54, 1.807) is 0 Å². The highest BCUT2D eigenvalue weighted by molar-refractivity contribution is 5.58. The van der Waals surface area contributed by atoms with Crippen LogP contribution in [0.15, 0.2) is 18.2 Å². The Balaban J connectivity index is 3.20. The van der Waals surface area contributed by atoms with Crippen molar-refractivity contribution in [3.05, 3.63) is 33.9 Å². The predicted molar refractivity (Wildman–Crippen MR) is 65.7 cm³/mol. The van der Waals surface area contributed by atoms with Crippen molar-refractivity contribution in [3.63, 3.8) is 0 Å². The van der Waals surface area contributed by atoms with Gasteiger partial charge in [0.05, 0.1) is 24.7 Å². The lowest BCUT2D eigenvalue weighted by molar-refractivity contribution is -0.385. The first kappa shape index (κ1) is 16.2. The molecule has 4 N–H and O–H groups in total. The van der Waals surface area contributed by atoms with Crippen LogP contribution in [0, 0.1) is 10.1 Å². The number of benzene rings is 1. The zero-order valence-electron chi connectivity index (χ0n) is 10.3. The van der Waals surface area contributed by atoms with E-state index >= 15 is 0 Å². The van der Waals surface area contributed by atoms with Gasteiger partial charge in [-0.3, -0.25) is 10.1 Å². The van der Waals surface area contributed by atoms with Crippen LogP contribution in [0.3, 0.4) is 0 Å². The van der Waals surface area contributed by atoms with Gasteiger partial charge in [-0.15, -0.1) is 0 Å². The van der Waals surface area contributed by atoms with Crippen molar-refractivity contribution < 1.29 is 29.0 Å². The molecule has 7 nitrogen and oxygen atoms in total. The molecule has 112 valence electrons. The minimum absolute atomic E-state index is 0.206. The number of nitro groups is 1. The largest absolute Gasteiger partial charge is 0.394 e. The molecule has 0 amide bonds. The molecule has 9 heteroatoms. The quantitative estimate of drug-likeness (QED) is 0.433. The summed E-state index contributed by atoms with van der Waals surface area (Å²) in [7, 11) is 0. The second kappa shape index (κ2) is 6.55. The van der Waals surface area contributed by atoms with E-state index in [9.17, 15) is 18.9 Å². The summed E-state index contributed by atoms with van der Waals surface area (Å²) in [5.41, 5.74) is -2.96. The standard InChI is InChI=1S/C11H14F2N2O5/c12-10(13)8-3-7(15(19)20)1-2-9(8)14-11(4-16,5-17)6-18/h1-3,10,14,16-18H,4-6H2. The molecule has 20 heavy (non-hydrogen) atoms. The second-order valence-electron chi connectivity index (χ2n) is 4.21. The van der Waals surface area contributed by atoms with Crippen molar-refractivity contribution >= 4 is 11.4 Å². The first-order valence-corrected chi connectivity index (χ1v) is 5.56. The molecule has 1 rings (SSSR count). The minimum atomic E-state index is -2.99. The van der Waals surface area contributed by atoms with Crippen LogP contribution in [-0.4, -0.2) is 45.6 Å².